The van der Waals surface area contributed by atoms with Gasteiger partial charge >= 0.3 is 0 Å². The molecule has 0 unspecified atom stereocenters. The summed E-state index contributed by atoms with van der Waals surface area (Å²) in [5.41, 5.74) is 9.11. The van der Waals surface area contributed by atoms with Gasteiger partial charge in [0.05, 0.1) is 0 Å². The third kappa shape index (κ3) is 0.990. The summed E-state index contributed by atoms with van der Waals surface area (Å²) in [5, 5.41) is 0. The first-order valence-corrected chi connectivity index (χ1v) is 4.88. The van der Waals surface area contributed by atoms with Crippen molar-refractivity contribution in [3.63, 3.8) is 0 Å². The molecule has 1 fully saturated rings. The average molecular weight is 188 g/mol. The van der Waals surface area contributed by atoms with Crippen LogP contribution in [0.4, 0.5) is 0 Å². The maximum Gasteiger partial charge on any atom is 0.181 e. The summed E-state index contributed by atoms with van der Waals surface area (Å²) in [6.45, 7) is 0.732. The van der Waals surface area contributed by atoms with Gasteiger partial charge in [0.2, 0.25) is 0 Å². The zero-order valence-corrected chi connectivity index (χ0v) is 7.86. The quantitative estimate of drug-likeness (QED) is 0.782. The van der Waals surface area contributed by atoms with E-state index in [-0.39, 0.29) is 5.41 Å². The van der Waals surface area contributed by atoms with Crippen LogP contribution in [0.1, 0.15) is 18.4 Å². The number of aromatic nitrogens is 1. The first-order chi connectivity index (χ1) is 6.84. The molecular formula is C11H12N2O. The fraction of sp³-hybridized carbons (Fsp3) is 0.364. The second kappa shape index (κ2) is 2.58. The number of benzene rings is 1. The second-order valence-corrected chi connectivity index (χ2v) is 4.02. The topological polar surface area (TPSA) is 52.0 Å². The molecule has 14 heavy (non-hydrogen) atoms. The molecule has 0 saturated heterocycles. The molecule has 1 aliphatic rings. The van der Waals surface area contributed by atoms with E-state index in [9.17, 15) is 0 Å². The zero-order chi connectivity index (χ0) is 9.60. The largest absolute Gasteiger partial charge is 0.443 e. The highest BCUT2D eigenvalue weighted by Gasteiger charge is 2.42. The van der Waals surface area contributed by atoms with Gasteiger partial charge in [-0.1, -0.05) is 6.07 Å². The highest BCUT2D eigenvalue weighted by atomic mass is 16.3. The van der Waals surface area contributed by atoms with E-state index in [2.05, 4.69) is 17.1 Å². The molecular weight excluding hydrogens is 176 g/mol. The summed E-state index contributed by atoms with van der Waals surface area (Å²) in [7, 11) is 0. The van der Waals surface area contributed by atoms with Crippen LogP contribution >= 0.6 is 0 Å². The van der Waals surface area contributed by atoms with E-state index < -0.39 is 0 Å². The number of hydrogen-bond donors (Lipinski definition) is 1. The van der Waals surface area contributed by atoms with Gasteiger partial charge in [-0.2, -0.15) is 0 Å². The molecule has 1 saturated carbocycles. The molecule has 3 heteroatoms. The Morgan fingerprint density at radius 1 is 1.43 bits per heavy atom. The standard InChI is InChI=1S/C11H12N2O/c12-6-11(3-4-11)8-1-2-10-9(5-8)13-7-14-10/h1-2,5,7H,3-4,6,12H2. The van der Waals surface area contributed by atoms with Crippen LogP contribution in [0.3, 0.4) is 0 Å². The lowest BCUT2D eigenvalue weighted by atomic mass is 9.96. The van der Waals surface area contributed by atoms with Crippen molar-refractivity contribution in [2.45, 2.75) is 18.3 Å². The summed E-state index contributed by atoms with van der Waals surface area (Å²) in [6.07, 6.45) is 3.89. The first kappa shape index (κ1) is 8.00. The van der Waals surface area contributed by atoms with E-state index in [4.69, 9.17) is 10.2 Å². The predicted octanol–water partition coefficient (Wildman–Crippen LogP) is 1.82. The molecule has 0 atom stereocenters. The summed E-state index contributed by atoms with van der Waals surface area (Å²) in [5.74, 6) is 0. The molecule has 1 heterocycles. The van der Waals surface area contributed by atoms with E-state index >= 15 is 0 Å². The van der Waals surface area contributed by atoms with Crippen LogP contribution in [0.5, 0.6) is 0 Å². The number of fused-ring (bicyclic) bond motifs is 1. The molecule has 0 bridgehead atoms. The molecule has 0 spiro atoms. The molecule has 2 aromatic rings. The average Bonchev–Trinajstić information content (AvgIpc) is 2.89. The van der Waals surface area contributed by atoms with E-state index in [0.717, 1.165) is 17.6 Å². The molecule has 3 nitrogen and oxygen atoms in total. The zero-order valence-electron chi connectivity index (χ0n) is 7.86. The van der Waals surface area contributed by atoms with Gasteiger partial charge in [0.1, 0.15) is 5.52 Å². The molecule has 0 radical (unpaired) electrons. The van der Waals surface area contributed by atoms with Gasteiger partial charge in [0.15, 0.2) is 12.0 Å². The van der Waals surface area contributed by atoms with E-state index in [0.29, 0.717) is 0 Å². The van der Waals surface area contributed by atoms with Crippen LogP contribution in [-0.2, 0) is 5.41 Å². The lowest BCUT2D eigenvalue weighted by Gasteiger charge is -2.11. The predicted molar refractivity (Wildman–Crippen MR) is 54.0 cm³/mol. The molecule has 1 aliphatic carbocycles. The van der Waals surface area contributed by atoms with Crippen LogP contribution in [0.2, 0.25) is 0 Å². The molecule has 1 aromatic heterocycles. The Morgan fingerprint density at radius 2 is 2.29 bits per heavy atom. The second-order valence-electron chi connectivity index (χ2n) is 4.02. The van der Waals surface area contributed by atoms with Gasteiger partial charge in [-0.05, 0) is 30.5 Å². The van der Waals surface area contributed by atoms with Crippen molar-refractivity contribution in [1.82, 2.24) is 4.98 Å². The Labute approximate surface area is 81.9 Å². The summed E-state index contributed by atoms with van der Waals surface area (Å²) in [6, 6.07) is 6.18. The van der Waals surface area contributed by atoms with E-state index in [1.165, 1.54) is 24.8 Å². The lowest BCUT2D eigenvalue weighted by molar-refractivity contribution is 0.602. The highest BCUT2D eigenvalue weighted by Crippen LogP contribution is 2.47. The number of nitrogens with two attached hydrogens (primary N) is 1. The van der Waals surface area contributed by atoms with Crippen molar-refractivity contribution in [3.05, 3.63) is 30.2 Å². The fourth-order valence-electron chi connectivity index (χ4n) is 1.95. The smallest absolute Gasteiger partial charge is 0.181 e. The van der Waals surface area contributed by atoms with Crippen LogP contribution < -0.4 is 5.73 Å². The third-order valence-corrected chi connectivity index (χ3v) is 3.19. The SMILES string of the molecule is NCC1(c2ccc3ocnc3c2)CC1. The van der Waals surface area contributed by atoms with E-state index in [1.54, 1.807) is 0 Å². The monoisotopic (exact) mass is 188 g/mol. The van der Waals surface area contributed by atoms with Gasteiger partial charge in [-0.15, -0.1) is 0 Å². The summed E-state index contributed by atoms with van der Waals surface area (Å²) < 4.78 is 5.20. The van der Waals surface area contributed by atoms with Gasteiger partial charge in [-0.25, -0.2) is 4.98 Å². The minimum Gasteiger partial charge on any atom is -0.443 e. The van der Waals surface area contributed by atoms with Gasteiger partial charge in [-0.3, -0.25) is 0 Å². The minimum absolute atomic E-state index is 0.243. The summed E-state index contributed by atoms with van der Waals surface area (Å²) >= 11 is 0. The number of oxazole rings is 1. The Kier molecular flexibility index (Phi) is 1.47. The highest BCUT2D eigenvalue weighted by molar-refractivity contribution is 5.73. The van der Waals surface area contributed by atoms with Crippen LogP contribution in [0, 0.1) is 0 Å². The van der Waals surface area contributed by atoms with Crippen molar-refractivity contribution >= 4 is 11.1 Å². The van der Waals surface area contributed by atoms with Crippen molar-refractivity contribution in [1.29, 1.82) is 0 Å². The van der Waals surface area contributed by atoms with E-state index in [1.807, 2.05) is 6.07 Å². The molecule has 3 rings (SSSR count). The van der Waals surface area contributed by atoms with Crippen LogP contribution in [-0.4, -0.2) is 11.5 Å². The Morgan fingerprint density at radius 3 is 3.00 bits per heavy atom. The number of rotatable bonds is 2. The minimum atomic E-state index is 0.243. The maximum absolute atomic E-state index is 5.78. The van der Waals surface area contributed by atoms with Gasteiger partial charge < -0.3 is 10.2 Å². The lowest BCUT2D eigenvalue weighted by Crippen LogP contribution is -2.19. The van der Waals surface area contributed by atoms with Crippen LogP contribution in [0.15, 0.2) is 29.0 Å². The van der Waals surface area contributed by atoms with Gasteiger partial charge in [0, 0.05) is 12.0 Å². The Hall–Kier alpha value is -1.35. The van der Waals surface area contributed by atoms with Crippen molar-refractivity contribution in [2.24, 2.45) is 5.73 Å². The fourth-order valence-corrected chi connectivity index (χ4v) is 1.95. The third-order valence-electron chi connectivity index (χ3n) is 3.19. The molecule has 0 aliphatic heterocycles. The molecule has 0 amide bonds. The maximum atomic E-state index is 5.78. The van der Waals surface area contributed by atoms with Crippen molar-refractivity contribution in [3.8, 4) is 0 Å². The van der Waals surface area contributed by atoms with Crippen molar-refractivity contribution in [2.75, 3.05) is 6.54 Å². The van der Waals surface area contributed by atoms with Crippen LogP contribution in [0.25, 0.3) is 11.1 Å². The summed E-state index contributed by atoms with van der Waals surface area (Å²) in [4.78, 5) is 4.15. The number of nitrogens with zero attached hydrogens (tertiary/aromatic N) is 1. The number of hydrogen-bond acceptors (Lipinski definition) is 3. The molecule has 72 valence electrons. The van der Waals surface area contributed by atoms with Gasteiger partial charge in [0.25, 0.3) is 0 Å². The first-order valence-electron chi connectivity index (χ1n) is 4.88. The van der Waals surface area contributed by atoms with Crippen molar-refractivity contribution < 1.29 is 4.42 Å². The molecule has 1 aromatic carbocycles. The Balaban J connectivity index is 2.13. The Bertz CT molecular complexity index is 471. The molecule has 2 N–H and O–H groups in total. The normalized spacial score (nSPS) is 18.6.